The summed E-state index contributed by atoms with van der Waals surface area (Å²) in [7, 11) is 0. The highest BCUT2D eigenvalue weighted by atomic mass is 16.5. The number of piperazine rings is 1. The van der Waals surface area contributed by atoms with Gasteiger partial charge in [0, 0.05) is 31.9 Å². The first-order valence-electron chi connectivity index (χ1n) is 6.96. The van der Waals surface area contributed by atoms with E-state index in [0.717, 1.165) is 37.6 Å². The van der Waals surface area contributed by atoms with Crippen molar-refractivity contribution in [2.45, 2.75) is 19.9 Å². The number of nitrogens with one attached hydrogen (secondary N) is 1. The van der Waals surface area contributed by atoms with E-state index in [-0.39, 0.29) is 6.04 Å². The quantitative estimate of drug-likeness (QED) is 0.912. The van der Waals surface area contributed by atoms with E-state index in [1.54, 1.807) is 0 Å². The molecule has 0 aromatic carbocycles. The highest BCUT2D eigenvalue weighted by molar-refractivity contribution is 5.48. The van der Waals surface area contributed by atoms with Gasteiger partial charge in [0.15, 0.2) is 0 Å². The van der Waals surface area contributed by atoms with Crippen molar-refractivity contribution in [2.24, 2.45) is 0 Å². The molecule has 1 aliphatic rings. The lowest BCUT2D eigenvalue weighted by Gasteiger charge is -2.30. The molecule has 0 spiro atoms. The van der Waals surface area contributed by atoms with Gasteiger partial charge < -0.3 is 9.84 Å². The van der Waals surface area contributed by atoms with Crippen molar-refractivity contribution in [1.82, 2.24) is 25.3 Å². The first kappa shape index (κ1) is 13.2. The van der Waals surface area contributed by atoms with Crippen LogP contribution in [0.1, 0.15) is 24.6 Å². The second-order valence-corrected chi connectivity index (χ2v) is 5.08. The van der Waals surface area contributed by atoms with Crippen LogP contribution in [0.5, 0.6) is 0 Å². The largest absolute Gasteiger partial charge is 0.337 e. The molecule has 106 valence electrons. The van der Waals surface area contributed by atoms with Gasteiger partial charge in [-0.25, -0.2) is 4.98 Å². The first-order valence-corrected chi connectivity index (χ1v) is 6.96. The third kappa shape index (κ3) is 2.71. The molecule has 1 fully saturated rings. The lowest BCUT2D eigenvalue weighted by molar-refractivity contribution is 0.154. The van der Waals surface area contributed by atoms with E-state index in [9.17, 15) is 0 Å². The van der Waals surface area contributed by atoms with Gasteiger partial charge in [-0.2, -0.15) is 4.98 Å². The Kier molecular flexibility index (Phi) is 3.75. The Morgan fingerprint density at radius 3 is 2.80 bits per heavy atom. The summed E-state index contributed by atoms with van der Waals surface area (Å²) in [6.07, 6.45) is 0. The summed E-state index contributed by atoms with van der Waals surface area (Å²) in [6.45, 7) is 8.07. The Bertz CT molecular complexity index is 576. The van der Waals surface area contributed by atoms with Crippen molar-refractivity contribution in [2.75, 3.05) is 26.2 Å². The molecule has 3 rings (SSSR count). The van der Waals surface area contributed by atoms with E-state index in [1.165, 1.54) is 0 Å². The van der Waals surface area contributed by atoms with Crippen LogP contribution in [-0.4, -0.2) is 46.2 Å². The normalized spacial score (nSPS) is 18.1. The van der Waals surface area contributed by atoms with Crippen LogP contribution in [0, 0.1) is 6.92 Å². The molecule has 0 radical (unpaired) electrons. The third-order valence-electron chi connectivity index (χ3n) is 3.62. The lowest BCUT2D eigenvalue weighted by Crippen LogP contribution is -2.44. The lowest BCUT2D eigenvalue weighted by atomic mass is 10.2. The summed E-state index contributed by atoms with van der Waals surface area (Å²) in [5, 5.41) is 7.39. The molecule has 1 saturated heterocycles. The summed E-state index contributed by atoms with van der Waals surface area (Å²) >= 11 is 0. The summed E-state index contributed by atoms with van der Waals surface area (Å²) in [6, 6.07) is 5.95. The van der Waals surface area contributed by atoms with Crippen molar-refractivity contribution < 1.29 is 4.52 Å². The second kappa shape index (κ2) is 5.68. The van der Waals surface area contributed by atoms with Gasteiger partial charge >= 0.3 is 0 Å². The molecule has 1 unspecified atom stereocenters. The van der Waals surface area contributed by atoms with Crippen molar-refractivity contribution >= 4 is 0 Å². The number of pyridine rings is 1. The molecule has 20 heavy (non-hydrogen) atoms. The molecule has 2 aromatic heterocycles. The molecule has 0 aliphatic carbocycles. The number of rotatable bonds is 3. The van der Waals surface area contributed by atoms with Gasteiger partial charge in [-0.3, -0.25) is 4.90 Å². The van der Waals surface area contributed by atoms with Crippen LogP contribution < -0.4 is 5.32 Å². The molecule has 6 nitrogen and oxygen atoms in total. The number of hydrogen-bond donors (Lipinski definition) is 1. The Morgan fingerprint density at radius 1 is 1.25 bits per heavy atom. The van der Waals surface area contributed by atoms with E-state index in [0.29, 0.717) is 11.7 Å². The predicted molar refractivity (Wildman–Crippen MR) is 75.1 cm³/mol. The molecule has 0 bridgehead atoms. The zero-order valence-electron chi connectivity index (χ0n) is 11.8. The molecule has 3 heterocycles. The Morgan fingerprint density at radius 2 is 2.05 bits per heavy atom. The SMILES string of the molecule is Cc1cccc(-c2noc(C(C)N3CCNCC3)n2)n1. The minimum atomic E-state index is 0.142. The van der Waals surface area contributed by atoms with Crippen LogP contribution in [0.4, 0.5) is 0 Å². The minimum Gasteiger partial charge on any atom is -0.337 e. The average Bonchev–Trinajstić information content (AvgIpc) is 2.97. The van der Waals surface area contributed by atoms with E-state index >= 15 is 0 Å². The van der Waals surface area contributed by atoms with Crippen LogP contribution >= 0.6 is 0 Å². The van der Waals surface area contributed by atoms with Crippen molar-refractivity contribution in [3.8, 4) is 11.5 Å². The highest BCUT2D eigenvalue weighted by Gasteiger charge is 2.23. The van der Waals surface area contributed by atoms with Gasteiger partial charge in [0.2, 0.25) is 11.7 Å². The monoisotopic (exact) mass is 273 g/mol. The maximum atomic E-state index is 5.41. The number of nitrogens with zero attached hydrogens (tertiary/aromatic N) is 4. The van der Waals surface area contributed by atoms with Crippen LogP contribution in [0.2, 0.25) is 0 Å². The number of hydrogen-bond acceptors (Lipinski definition) is 6. The maximum Gasteiger partial charge on any atom is 0.244 e. The third-order valence-corrected chi connectivity index (χ3v) is 3.62. The van der Waals surface area contributed by atoms with Crippen LogP contribution in [0.15, 0.2) is 22.7 Å². The fraction of sp³-hybridized carbons (Fsp3) is 0.500. The van der Waals surface area contributed by atoms with Gasteiger partial charge in [0.25, 0.3) is 0 Å². The standard InChI is InChI=1S/C14H19N5O/c1-10-4-3-5-12(16-10)13-17-14(20-18-13)11(2)19-8-6-15-7-9-19/h3-5,11,15H,6-9H2,1-2H3. The molecule has 1 N–H and O–H groups in total. The fourth-order valence-corrected chi connectivity index (χ4v) is 2.40. The molecular formula is C14H19N5O. The maximum absolute atomic E-state index is 5.41. The van der Waals surface area contributed by atoms with E-state index in [4.69, 9.17) is 4.52 Å². The molecule has 0 amide bonds. The minimum absolute atomic E-state index is 0.142. The zero-order valence-corrected chi connectivity index (χ0v) is 11.8. The van der Waals surface area contributed by atoms with Gasteiger partial charge in [0.05, 0.1) is 6.04 Å². The van der Waals surface area contributed by atoms with Crippen molar-refractivity contribution in [1.29, 1.82) is 0 Å². The Balaban J connectivity index is 1.79. The predicted octanol–water partition coefficient (Wildman–Crippen LogP) is 1.41. The van der Waals surface area contributed by atoms with Crippen LogP contribution in [0.25, 0.3) is 11.5 Å². The molecule has 1 atom stereocenters. The van der Waals surface area contributed by atoms with Gasteiger partial charge in [-0.1, -0.05) is 11.2 Å². The Labute approximate surface area is 118 Å². The summed E-state index contributed by atoms with van der Waals surface area (Å²) in [5.41, 5.74) is 1.71. The zero-order chi connectivity index (χ0) is 13.9. The van der Waals surface area contributed by atoms with Gasteiger partial charge in [0.1, 0.15) is 5.69 Å². The van der Waals surface area contributed by atoms with Crippen LogP contribution in [0.3, 0.4) is 0 Å². The highest BCUT2D eigenvalue weighted by Crippen LogP contribution is 2.21. The molecule has 2 aromatic rings. The van der Waals surface area contributed by atoms with E-state index in [2.05, 4.69) is 32.3 Å². The van der Waals surface area contributed by atoms with Crippen LogP contribution in [-0.2, 0) is 0 Å². The Hall–Kier alpha value is -1.79. The van der Waals surface area contributed by atoms with Crippen molar-refractivity contribution in [3.63, 3.8) is 0 Å². The van der Waals surface area contributed by atoms with Gasteiger partial charge in [-0.05, 0) is 26.0 Å². The molecule has 6 heteroatoms. The average molecular weight is 273 g/mol. The van der Waals surface area contributed by atoms with Gasteiger partial charge in [-0.15, -0.1) is 0 Å². The fourth-order valence-electron chi connectivity index (χ4n) is 2.40. The van der Waals surface area contributed by atoms with Crippen molar-refractivity contribution in [3.05, 3.63) is 29.8 Å². The summed E-state index contributed by atoms with van der Waals surface area (Å²) in [5.74, 6) is 1.22. The molecule has 0 saturated carbocycles. The van der Waals surface area contributed by atoms with E-state index in [1.807, 2.05) is 25.1 Å². The number of aromatic nitrogens is 3. The summed E-state index contributed by atoms with van der Waals surface area (Å²) in [4.78, 5) is 11.3. The van der Waals surface area contributed by atoms with E-state index < -0.39 is 0 Å². The second-order valence-electron chi connectivity index (χ2n) is 5.08. The number of aryl methyl sites for hydroxylation is 1. The smallest absolute Gasteiger partial charge is 0.244 e. The molecular weight excluding hydrogens is 254 g/mol. The first-order chi connectivity index (χ1) is 9.74. The summed E-state index contributed by atoms with van der Waals surface area (Å²) < 4.78 is 5.41. The topological polar surface area (TPSA) is 67.1 Å². The molecule has 1 aliphatic heterocycles.